The molecule has 1 unspecified atom stereocenters. The van der Waals surface area contributed by atoms with E-state index < -0.39 is 0 Å². The Bertz CT molecular complexity index is 1200. The third-order valence-electron chi connectivity index (χ3n) is 6.37. The molecule has 4 aromatic rings. The molecular weight excluding hydrogens is 368 g/mol. The van der Waals surface area contributed by atoms with Gasteiger partial charge >= 0.3 is 0 Å². The smallest absolute Gasteiger partial charge is 0.119 e. The summed E-state index contributed by atoms with van der Waals surface area (Å²) in [5, 5.41) is 6.35. The fourth-order valence-electron chi connectivity index (χ4n) is 4.77. The third kappa shape index (κ3) is 3.15. The molecule has 0 aliphatic carbocycles. The molecule has 1 aliphatic heterocycles. The Morgan fingerprint density at radius 1 is 0.900 bits per heavy atom. The maximum atomic E-state index is 6.03. The van der Waals surface area contributed by atoms with Gasteiger partial charge in [-0.05, 0) is 36.2 Å². The van der Waals surface area contributed by atoms with Crippen LogP contribution in [0.15, 0.2) is 72.8 Å². The van der Waals surface area contributed by atoms with Crippen LogP contribution in [0.3, 0.4) is 0 Å². The van der Waals surface area contributed by atoms with E-state index in [0.29, 0.717) is 6.61 Å². The molecule has 0 saturated heterocycles. The summed E-state index contributed by atoms with van der Waals surface area (Å²) in [5.41, 5.74) is 6.32. The molecule has 0 amide bonds. The van der Waals surface area contributed by atoms with Crippen molar-refractivity contribution in [3.8, 4) is 5.75 Å². The van der Waals surface area contributed by atoms with E-state index >= 15 is 0 Å². The fraction of sp³-hybridized carbons (Fsp3) is 0.259. The molecule has 0 fully saturated rings. The van der Waals surface area contributed by atoms with Gasteiger partial charge in [0.05, 0.1) is 12.6 Å². The highest BCUT2D eigenvalue weighted by atomic mass is 16.5. The van der Waals surface area contributed by atoms with Crippen LogP contribution in [0.2, 0.25) is 0 Å². The van der Waals surface area contributed by atoms with E-state index in [1.54, 1.807) is 0 Å². The van der Waals surface area contributed by atoms with Crippen molar-refractivity contribution in [2.24, 2.45) is 0 Å². The number of hydrogen-bond acceptors (Lipinski definition) is 2. The second kappa shape index (κ2) is 7.24. The minimum absolute atomic E-state index is 0.000443. The van der Waals surface area contributed by atoms with Crippen LogP contribution in [0.25, 0.3) is 10.8 Å². The third-order valence-corrected chi connectivity index (χ3v) is 6.37. The summed E-state index contributed by atoms with van der Waals surface area (Å²) in [5.74, 6) is 0.931. The van der Waals surface area contributed by atoms with Gasteiger partial charge in [0.2, 0.25) is 0 Å². The van der Waals surface area contributed by atoms with E-state index in [0.717, 1.165) is 12.2 Å². The lowest BCUT2D eigenvalue weighted by molar-refractivity contribution is 0.321. The number of anilines is 1. The lowest BCUT2D eigenvalue weighted by atomic mass is 9.79. The van der Waals surface area contributed by atoms with Crippen LogP contribution in [-0.4, -0.2) is 11.6 Å². The molecule has 0 saturated carbocycles. The van der Waals surface area contributed by atoms with Crippen molar-refractivity contribution in [2.45, 2.75) is 38.6 Å². The maximum Gasteiger partial charge on any atom is 0.119 e. The Kier molecular flexibility index (Phi) is 4.54. The predicted octanol–water partition coefficient (Wildman–Crippen LogP) is 6.54. The van der Waals surface area contributed by atoms with Gasteiger partial charge in [-0.3, -0.25) is 0 Å². The number of para-hydroxylation sites is 1. The summed E-state index contributed by atoms with van der Waals surface area (Å²) in [4.78, 5) is 3.78. The van der Waals surface area contributed by atoms with E-state index in [9.17, 15) is 0 Å². The number of aryl methyl sites for hydroxylation is 1. The highest BCUT2D eigenvalue weighted by Gasteiger charge is 2.41. The Labute approximate surface area is 178 Å². The minimum atomic E-state index is -0.000443. The zero-order valence-electron chi connectivity index (χ0n) is 17.8. The number of benzene rings is 3. The highest BCUT2D eigenvalue weighted by molar-refractivity contribution is 5.89. The van der Waals surface area contributed by atoms with E-state index in [1.807, 2.05) is 12.1 Å². The number of nitrogens with one attached hydrogen (secondary N) is 2. The molecule has 1 atom stereocenters. The summed E-state index contributed by atoms with van der Waals surface area (Å²) in [6.45, 7) is 7.39. The molecule has 1 aliphatic rings. The summed E-state index contributed by atoms with van der Waals surface area (Å²) >= 11 is 0. The van der Waals surface area contributed by atoms with Crippen molar-refractivity contribution in [3.05, 3.63) is 95.3 Å². The van der Waals surface area contributed by atoms with Crippen molar-refractivity contribution < 1.29 is 4.74 Å². The van der Waals surface area contributed by atoms with E-state index in [1.165, 1.54) is 39.0 Å². The van der Waals surface area contributed by atoms with Crippen LogP contribution in [-0.2, 0) is 11.8 Å². The molecule has 2 N–H and O–H groups in total. The number of aromatic amines is 1. The van der Waals surface area contributed by atoms with Gasteiger partial charge in [0.1, 0.15) is 5.75 Å². The molecule has 0 radical (unpaired) electrons. The van der Waals surface area contributed by atoms with Gasteiger partial charge in [0.15, 0.2) is 0 Å². The monoisotopic (exact) mass is 396 g/mol. The van der Waals surface area contributed by atoms with Crippen LogP contribution in [0.1, 0.15) is 42.4 Å². The maximum absolute atomic E-state index is 6.03. The van der Waals surface area contributed by atoms with Gasteiger partial charge in [-0.2, -0.15) is 0 Å². The standard InChI is InChI=1S/C27H28N2O/c1-18-9-8-10-19(17-18)30-16-15-23-20-11-4-5-12-21(20)25(28-23)26-27(2,3)22-13-6-7-14-24(22)29-26/h4-14,17,26,28-29H,15-16H2,1-3H3. The Hall–Kier alpha value is -3.20. The molecule has 5 rings (SSSR count). The molecule has 3 nitrogen and oxygen atoms in total. The van der Waals surface area contributed by atoms with Gasteiger partial charge in [-0.1, -0.05) is 68.4 Å². The summed E-state index contributed by atoms with van der Waals surface area (Å²) in [7, 11) is 0. The zero-order chi connectivity index (χ0) is 20.7. The number of fused-ring (bicyclic) bond motifs is 2. The lowest BCUT2D eigenvalue weighted by Gasteiger charge is -2.27. The number of rotatable bonds is 5. The van der Waals surface area contributed by atoms with Crippen LogP contribution < -0.4 is 10.1 Å². The van der Waals surface area contributed by atoms with Gasteiger partial charge < -0.3 is 15.0 Å². The van der Waals surface area contributed by atoms with Crippen molar-refractivity contribution in [1.82, 2.24) is 4.98 Å². The minimum Gasteiger partial charge on any atom is -0.493 e. The van der Waals surface area contributed by atoms with Crippen molar-refractivity contribution in [1.29, 1.82) is 0 Å². The summed E-state index contributed by atoms with van der Waals surface area (Å²) in [6.07, 6.45) is 0.842. The first-order chi connectivity index (χ1) is 14.5. The average Bonchev–Trinajstić information content (AvgIpc) is 3.23. The number of hydrogen-bond donors (Lipinski definition) is 2. The van der Waals surface area contributed by atoms with Crippen molar-refractivity contribution >= 4 is 16.5 Å². The van der Waals surface area contributed by atoms with Crippen LogP contribution in [0.5, 0.6) is 5.75 Å². The Morgan fingerprint density at radius 2 is 1.67 bits per heavy atom. The molecule has 152 valence electrons. The van der Waals surface area contributed by atoms with Crippen molar-refractivity contribution in [3.63, 3.8) is 0 Å². The first kappa shape index (κ1) is 18.8. The first-order valence-corrected chi connectivity index (χ1v) is 10.7. The average molecular weight is 397 g/mol. The van der Waals surface area contributed by atoms with Gasteiger partial charge in [-0.25, -0.2) is 0 Å². The number of aromatic nitrogens is 1. The van der Waals surface area contributed by atoms with E-state index in [-0.39, 0.29) is 11.5 Å². The number of ether oxygens (including phenoxy) is 1. The zero-order valence-corrected chi connectivity index (χ0v) is 17.8. The van der Waals surface area contributed by atoms with Crippen LogP contribution in [0.4, 0.5) is 5.69 Å². The quantitative estimate of drug-likeness (QED) is 0.402. The highest BCUT2D eigenvalue weighted by Crippen LogP contribution is 2.49. The lowest BCUT2D eigenvalue weighted by Crippen LogP contribution is -2.25. The van der Waals surface area contributed by atoms with E-state index in [2.05, 4.69) is 91.7 Å². The Balaban J connectivity index is 1.45. The van der Waals surface area contributed by atoms with Gasteiger partial charge in [0, 0.05) is 39.7 Å². The number of H-pyrrole nitrogens is 1. The Morgan fingerprint density at radius 3 is 2.47 bits per heavy atom. The summed E-state index contributed by atoms with van der Waals surface area (Å²) in [6, 6.07) is 25.8. The fourth-order valence-corrected chi connectivity index (χ4v) is 4.77. The van der Waals surface area contributed by atoms with Crippen molar-refractivity contribution in [2.75, 3.05) is 11.9 Å². The molecule has 0 spiro atoms. The van der Waals surface area contributed by atoms with Crippen LogP contribution >= 0.6 is 0 Å². The molecule has 3 heteroatoms. The van der Waals surface area contributed by atoms with Gasteiger partial charge in [-0.15, -0.1) is 0 Å². The second-order valence-corrected chi connectivity index (χ2v) is 8.82. The second-order valence-electron chi connectivity index (χ2n) is 8.82. The predicted molar refractivity (Wildman–Crippen MR) is 125 cm³/mol. The molecule has 2 heterocycles. The molecule has 30 heavy (non-hydrogen) atoms. The molecular formula is C27H28N2O. The topological polar surface area (TPSA) is 37.0 Å². The van der Waals surface area contributed by atoms with E-state index in [4.69, 9.17) is 4.74 Å². The summed E-state index contributed by atoms with van der Waals surface area (Å²) < 4.78 is 6.03. The largest absolute Gasteiger partial charge is 0.493 e. The normalized spacial score (nSPS) is 17.0. The molecule has 3 aromatic carbocycles. The van der Waals surface area contributed by atoms with Crippen LogP contribution in [0, 0.1) is 6.92 Å². The SMILES string of the molecule is Cc1cccc(OCCc2[nH]c(C3Nc4ccccc4C3(C)C)c3ccccc23)c1. The first-order valence-electron chi connectivity index (χ1n) is 10.7. The molecule has 1 aromatic heterocycles. The molecule has 0 bridgehead atoms. The van der Waals surface area contributed by atoms with Gasteiger partial charge in [0.25, 0.3) is 0 Å².